The molecule has 31 heavy (non-hydrogen) atoms. The Balaban J connectivity index is 1.26. The maximum absolute atomic E-state index is 12.5. The molecule has 0 unspecified atom stereocenters. The lowest BCUT2D eigenvalue weighted by Crippen LogP contribution is -2.26. The molecular weight excluding hydrogens is 460 g/mol. The summed E-state index contributed by atoms with van der Waals surface area (Å²) < 4.78 is 43.7. The molecule has 3 heterocycles. The second-order valence-electron chi connectivity index (χ2n) is 6.62. The second kappa shape index (κ2) is 9.77. The summed E-state index contributed by atoms with van der Waals surface area (Å²) in [4.78, 5) is 16.5. The molecule has 2 aromatic heterocycles. The zero-order chi connectivity index (χ0) is 21.7. The summed E-state index contributed by atoms with van der Waals surface area (Å²) >= 11 is 3.07. The molecule has 0 aliphatic carbocycles. The SMILES string of the molecule is O=C(CCNS(=O)(=O)c1ccc2c(c1)OCCCO2)OCc1csc(-c2ccsc2)n1. The fraction of sp³-hybridized carbons (Fsp3) is 0.300. The number of nitrogens with zero attached hydrogens (tertiary/aromatic N) is 1. The van der Waals surface area contributed by atoms with Crippen LogP contribution in [0.1, 0.15) is 18.5 Å². The number of carbonyl (C=O) groups excluding carboxylic acids is 1. The number of esters is 1. The van der Waals surface area contributed by atoms with Gasteiger partial charge in [-0.3, -0.25) is 4.79 Å². The summed E-state index contributed by atoms with van der Waals surface area (Å²) in [6, 6.07) is 6.42. The molecule has 0 spiro atoms. The van der Waals surface area contributed by atoms with Crippen molar-refractivity contribution < 1.29 is 27.4 Å². The van der Waals surface area contributed by atoms with E-state index in [1.165, 1.54) is 23.5 Å². The van der Waals surface area contributed by atoms with Crippen molar-refractivity contribution in [1.29, 1.82) is 0 Å². The molecule has 1 aliphatic rings. The maximum Gasteiger partial charge on any atom is 0.307 e. The predicted molar refractivity (Wildman–Crippen MR) is 117 cm³/mol. The molecule has 1 aliphatic heterocycles. The van der Waals surface area contributed by atoms with E-state index >= 15 is 0 Å². The highest BCUT2D eigenvalue weighted by Crippen LogP contribution is 2.31. The number of hydrogen-bond donors (Lipinski definition) is 1. The summed E-state index contributed by atoms with van der Waals surface area (Å²) in [6.07, 6.45) is 0.638. The van der Waals surface area contributed by atoms with Crippen LogP contribution in [-0.2, 0) is 26.2 Å². The minimum absolute atomic E-state index is 0.0496. The first kappa shape index (κ1) is 21.8. The number of benzene rings is 1. The molecule has 0 fully saturated rings. The van der Waals surface area contributed by atoms with E-state index < -0.39 is 16.0 Å². The molecule has 3 aromatic rings. The van der Waals surface area contributed by atoms with Crippen LogP contribution in [0.3, 0.4) is 0 Å². The fourth-order valence-corrected chi connectivity index (χ4v) is 5.36. The van der Waals surface area contributed by atoms with Crippen LogP contribution in [0.25, 0.3) is 10.6 Å². The number of thiazole rings is 1. The first-order valence-corrected chi connectivity index (χ1v) is 12.8. The smallest absolute Gasteiger partial charge is 0.307 e. The van der Waals surface area contributed by atoms with Gasteiger partial charge in [0.1, 0.15) is 11.6 Å². The lowest BCUT2D eigenvalue weighted by molar-refractivity contribution is -0.144. The molecule has 0 bridgehead atoms. The van der Waals surface area contributed by atoms with E-state index in [9.17, 15) is 13.2 Å². The summed E-state index contributed by atoms with van der Waals surface area (Å²) in [5, 5.41) is 6.69. The Kier molecular flexibility index (Phi) is 6.86. The Bertz CT molecular complexity index is 1140. The number of rotatable bonds is 8. The van der Waals surface area contributed by atoms with E-state index in [0.717, 1.165) is 17.0 Å². The Morgan fingerprint density at radius 3 is 2.81 bits per heavy atom. The third kappa shape index (κ3) is 5.62. The first-order valence-electron chi connectivity index (χ1n) is 9.53. The van der Waals surface area contributed by atoms with Crippen LogP contribution in [0, 0.1) is 0 Å². The Labute approximate surface area is 187 Å². The number of fused-ring (bicyclic) bond motifs is 1. The second-order valence-corrected chi connectivity index (χ2v) is 10.0. The van der Waals surface area contributed by atoms with Gasteiger partial charge in [0.05, 0.1) is 30.2 Å². The van der Waals surface area contributed by atoms with Crippen LogP contribution in [0.15, 0.2) is 45.3 Å². The summed E-state index contributed by atoms with van der Waals surface area (Å²) in [5.41, 5.74) is 1.70. The fourth-order valence-electron chi connectivity index (χ4n) is 2.80. The third-order valence-electron chi connectivity index (χ3n) is 4.35. The van der Waals surface area contributed by atoms with E-state index in [-0.39, 0.29) is 24.5 Å². The number of carbonyl (C=O) groups is 1. The van der Waals surface area contributed by atoms with Crippen LogP contribution >= 0.6 is 22.7 Å². The van der Waals surface area contributed by atoms with Crippen LogP contribution < -0.4 is 14.2 Å². The average Bonchev–Trinajstić information content (AvgIpc) is 3.39. The van der Waals surface area contributed by atoms with Gasteiger partial charge in [-0.25, -0.2) is 18.1 Å². The Hall–Kier alpha value is -2.47. The minimum atomic E-state index is -3.79. The average molecular weight is 481 g/mol. The van der Waals surface area contributed by atoms with Gasteiger partial charge in [-0.2, -0.15) is 11.3 Å². The van der Waals surface area contributed by atoms with Crippen LogP contribution in [-0.4, -0.2) is 39.1 Å². The van der Waals surface area contributed by atoms with Gasteiger partial charge >= 0.3 is 5.97 Å². The largest absolute Gasteiger partial charge is 0.490 e. The highest BCUT2D eigenvalue weighted by Gasteiger charge is 2.19. The number of nitrogens with one attached hydrogen (secondary N) is 1. The lowest BCUT2D eigenvalue weighted by atomic mass is 10.3. The highest BCUT2D eigenvalue weighted by atomic mass is 32.2. The maximum atomic E-state index is 12.5. The molecule has 164 valence electrons. The van der Waals surface area contributed by atoms with Crippen molar-refractivity contribution in [2.75, 3.05) is 19.8 Å². The van der Waals surface area contributed by atoms with E-state index in [1.54, 1.807) is 17.4 Å². The molecule has 8 nitrogen and oxygen atoms in total. The lowest BCUT2D eigenvalue weighted by Gasteiger charge is -2.10. The van der Waals surface area contributed by atoms with Crippen LogP contribution in [0.5, 0.6) is 11.5 Å². The van der Waals surface area contributed by atoms with Gasteiger partial charge in [-0.05, 0) is 23.6 Å². The number of thiophene rings is 1. The zero-order valence-corrected chi connectivity index (χ0v) is 18.9. The zero-order valence-electron chi connectivity index (χ0n) is 16.4. The number of ether oxygens (including phenoxy) is 3. The van der Waals surface area contributed by atoms with E-state index in [2.05, 4.69) is 9.71 Å². The molecule has 1 aromatic carbocycles. The van der Waals surface area contributed by atoms with Crippen molar-refractivity contribution in [1.82, 2.24) is 9.71 Å². The molecule has 0 saturated carbocycles. The van der Waals surface area contributed by atoms with Gasteiger partial charge in [0, 0.05) is 35.4 Å². The standard InChI is InChI=1S/C20H20N2O6S3/c23-19(28-11-15-13-30-20(22-15)14-5-9-29-12-14)4-6-21-31(24,25)16-2-3-17-18(10-16)27-8-1-7-26-17/h2-3,5,9-10,12-13,21H,1,4,6-8,11H2. The normalized spacial score (nSPS) is 13.5. The number of aromatic nitrogens is 1. The highest BCUT2D eigenvalue weighted by molar-refractivity contribution is 7.89. The van der Waals surface area contributed by atoms with Gasteiger partial charge in [-0.1, -0.05) is 0 Å². The van der Waals surface area contributed by atoms with Crippen molar-refractivity contribution in [2.45, 2.75) is 24.3 Å². The molecule has 0 radical (unpaired) electrons. The van der Waals surface area contributed by atoms with Gasteiger partial charge in [0.25, 0.3) is 0 Å². The van der Waals surface area contributed by atoms with E-state index in [0.29, 0.717) is 30.4 Å². The first-order chi connectivity index (χ1) is 15.0. The van der Waals surface area contributed by atoms with E-state index in [1.807, 2.05) is 22.2 Å². The number of hydrogen-bond acceptors (Lipinski definition) is 9. The summed E-state index contributed by atoms with van der Waals surface area (Å²) in [5.74, 6) is 0.403. The topological polar surface area (TPSA) is 104 Å². The minimum Gasteiger partial charge on any atom is -0.490 e. The van der Waals surface area contributed by atoms with Gasteiger partial charge in [0.2, 0.25) is 10.0 Å². The Morgan fingerprint density at radius 2 is 2.00 bits per heavy atom. The van der Waals surface area contributed by atoms with Gasteiger partial charge in [-0.15, -0.1) is 11.3 Å². The number of sulfonamides is 1. The van der Waals surface area contributed by atoms with Crippen molar-refractivity contribution in [3.05, 3.63) is 46.1 Å². The molecule has 0 saturated heterocycles. The van der Waals surface area contributed by atoms with E-state index in [4.69, 9.17) is 14.2 Å². The predicted octanol–water partition coefficient (Wildman–Crippen LogP) is 3.44. The van der Waals surface area contributed by atoms with Crippen molar-refractivity contribution in [2.24, 2.45) is 0 Å². The van der Waals surface area contributed by atoms with Crippen LogP contribution in [0.4, 0.5) is 0 Å². The third-order valence-corrected chi connectivity index (χ3v) is 7.43. The van der Waals surface area contributed by atoms with Gasteiger partial charge in [0.15, 0.2) is 11.5 Å². The van der Waals surface area contributed by atoms with Crippen molar-refractivity contribution >= 4 is 38.7 Å². The monoisotopic (exact) mass is 480 g/mol. The molecule has 1 N–H and O–H groups in total. The quantitative estimate of drug-likeness (QED) is 0.493. The Morgan fingerprint density at radius 1 is 1.16 bits per heavy atom. The summed E-state index contributed by atoms with van der Waals surface area (Å²) in [7, 11) is -3.79. The molecule has 4 rings (SSSR count). The summed E-state index contributed by atoms with van der Waals surface area (Å²) in [6.45, 7) is 0.959. The van der Waals surface area contributed by atoms with Crippen LogP contribution in [0.2, 0.25) is 0 Å². The van der Waals surface area contributed by atoms with Crippen molar-refractivity contribution in [3.8, 4) is 22.1 Å². The molecular formula is C20H20N2O6S3. The van der Waals surface area contributed by atoms with Crippen molar-refractivity contribution in [3.63, 3.8) is 0 Å². The van der Waals surface area contributed by atoms with Gasteiger partial charge < -0.3 is 14.2 Å². The molecule has 0 amide bonds. The molecule has 0 atom stereocenters. The molecule has 11 heteroatoms.